The second-order valence-corrected chi connectivity index (χ2v) is 11.5. The highest BCUT2D eigenvalue weighted by atomic mass is 19.1. The largest absolute Gasteiger partial charge is 0.508 e. The topological polar surface area (TPSA) is 75.6 Å². The first-order chi connectivity index (χ1) is 20.4. The normalized spacial score (nSPS) is 18.9. The Kier molecular flexibility index (Phi) is 6.77. The maximum atomic E-state index is 14.6. The van der Waals surface area contributed by atoms with E-state index >= 15 is 0 Å². The number of hydrogen-bond acceptors (Lipinski definition) is 5. The van der Waals surface area contributed by atoms with Gasteiger partial charge in [-0.25, -0.2) is 13.8 Å². The minimum atomic E-state index is -1.07. The fraction of sp³-hybridized carbons (Fsp3) is 0.265. The highest BCUT2D eigenvalue weighted by Gasteiger charge is 2.38. The van der Waals surface area contributed by atoms with Gasteiger partial charge in [0.05, 0.1) is 11.6 Å². The summed E-state index contributed by atoms with van der Waals surface area (Å²) in [6.45, 7) is 2.55. The average Bonchev–Trinajstić information content (AvgIpc) is 3.57. The number of aromatic nitrogens is 2. The number of phenolic OH excluding ortho intramolecular Hbond substituents is 1. The van der Waals surface area contributed by atoms with Gasteiger partial charge in [-0.1, -0.05) is 42.5 Å². The van der Waals surface area contributed by atoms with Crippen molar-refractivity contribution in [3.63, 3.8) is 0 Å². The molecule has 0 amide bonds. The maximum Gasteiger partial charge on any atom is 0.148 e. The molecule has 1 fully saturated rings. The summed E-state index contributed by atoms with van der Waals surface area (Å²) in [5, 5.41) is 22.5. The first-order valence-corrected chi connectivity index (χ1v) is 14.3. The van der Waals surface area contributed by atoms with Gasteiger partial charge < -0.3 is 20.1 Å². The highest BCUT2D eigenvalue weighted by Crippen LogP contribution is 2.44. The molecule has 0 spiro atoms. The van der Waals surface area contributed by atoms with Gasteiger partial charge in [0.2, 0.25) is 0 Å². The van der Waals surface area contributed by atoms with E-state index < -0.39 is 23.9 Å². The number of imidazole rings is 1. The first-order valence-electron chi connectivity index (χ1n) is 14.3. The van der Waals surface area contributed by atoms with Crippen molar-refractivity contribution in [3.8, 4) is 16.9 Å². The van der Waals surface area contributed by atoms with Crippen molar-refractivity contribution in [2.75, 3.05) is 20.1 Å². The van der Waals surface area contributed by atoms with Gasteiger partial charge in [0.1, 0.15) is 35.0 Å². The lowest BCUT2D eigenvalue weighted by Gasteiger charge is -2.30. The molecular formula is C34H32F2N4O2. The molecule has 0 aliphatic carbocycles. The van der Waals surface area contributed by atoms with Crippen molar-refractivity contribution in [1.82, 2.24) is 19.8 Å². The number of aromatic hydroxyl groups is 1. The second kappa shape index (κ2) is 10.6. The number of nitrogens with one attached hydrogen (secondary N) is 1. The summed E-state index contributed by atoms with van der Waals surface area (Å²) in [6, 6.07) is 22.2. The molecule has 2 aliphatic rings. The van der Waals surface area contributed by atoms with E-state index in [0.717, 1.165) is 48.2 Å². The van der Waals surface area contributed by atoms with Crippen LogP contribution in [-0.2, 0) is 6.54 Å². The van der Waals surface area contributed by atoms with Gasteiger partial charge in [-0.05, 0) is 97.5 Å². The number of phenols is 1. The third kappa shape index (κ3) is 4.75. The number of hydrogen-bond donors (Lipinski definition) is 3. The molecule has 0 radical (unpaired) electrons. The Morgan fingerprint density at radius 2 is 1.69 bits per heavy atom. The van der Waals surface area contributed by atoms with E-state index in [1.807, 2.05) is 18.2 Å². The molecule has 0 saturated carbocycles. The second-order valence-electron chi connectivity index (χ2n) is 11.5. The lowest BCUT2D eigenvalue weighted by Crippen LogP contribution is -2.29. The van der Waals surface area contributed by atoms with E-state index in [-0.39, 0.29) is 16.8 Å². The average molecular weight is 567 g/mol. The third-order valence-electron chi connectivity index (χ3n) is 8.89. The predicted molar refractivity (Wildman–Crippen MR) is 158 cm³/mol. The van der Waals surface area contributed by atoms with Crippen molar-refractivity contribution >= 4 is 11.0 Å². The summed E-state index contributed by atoms with van der Waals surface area (Å²) in [5.41, 5.74) is 5.90. The van der Waals surface area contributed by atoms with E-state index in [1.54, 1.807) is 17.0 Å². The molecule has 2 atom stereocenters. The highest BCUT2D eigenvalue weighted by molar-refractivity contribution is 5.76. The molecule has 0 bridgehead atoms. The van der Waals surface area contributed by atoms with E-state index in [4.69, 9.17) is 0 Å². The van der Waals surface area contributed by atoms with Crippen LogP contribution in [0.4, 0.5) is 8.78 Å². The molecule has 214 valence electrons. The number of nitrogens with zero attached hydrogens (tertiary/aromatic N) is 3. The van der Waals surface area contributed by atoms with Crippen LogP contribution in [0.15, 0.2) is 78.9 Å². The number of fused-ring (bicyclic) bond motifs is 2. The fourth-order valence-corrected chi connectivity index (χ4v) is 6.52. The number of likely N-dealkylation sites (tertiary alicyclic amines) is 1. The van der Waals surface area contributed by atoms with E-state index in [9.17, 15) is 19.0 Å². The molecule has 3 N–H and O–H groups in total. The monoisotopic (exact) mass is 566 g/mol. The molecule has 3 heterocycles. The lowest BCUT2D eigenvalue weighted by atomic mass is 9.88. The Hall–Kier alpha value is -4.11. The van der Waals surface area contributed by atoms with Crippen LogP contribution >= 0.6 is 0 Å². The molecule has 8 heteroatoms. The standard InChI is InChI=1S/C34H32F2N4O2/c1-39-15-13-22(14-16-39)20-5-7-21(8-6-20)23-9-10-24-19-40(34(42)26(24)17-23)32(27-18-25(35)11-12-30(27)41)33-37-29-4-2-3-28(36)31(29)38-33/h2-12,17-18,22,32,34,41-42H,13-16,19H2,1H3,(H,37,38). The molecule has 6 nitrogen and oxygen atoms in total. The Balaban J connectivity index is 1.22. The number of halogens is 2. The first kappa shape index (κ1) is 26.8. The van der Waals surface area contributed by atoms with Crippen LogP contribution in [0.3, 0.4) is 0 Å². The van der Waals surface area contributed by atoms with Crippen molar-refractivity contribution in [2.45, 2.75) is 37.6 Å². The summed E-state index contributed by atoms with van der Waals surface area (Å²) < 4.78 is 29.0. The maximum absolute atomic E-state index is 14.6. The minimum absolute atomic E-state index is 0.143. The quantitative estimate of drug-likeness (QED) is 0.223. The zero-order valence-corrected chi connectivity index (χ0v) is 23.3. The van der Waals surface area contributed by atoms with Gasteiger partial charge in [0, 0.05) is 17.7 Å². The summed E-state index contributed by atoms with van der Waals surface area (Å²) in [7, 11) is 2.17. The Morgan fingerprint density at radius 3 is 2.45 bits per heavy atom. The van der Waals surface area contributed by atoms with Crippen LogP contribution in [0, 0.1) is 11.6 Å². The summed E-state index contributed by atoms with van der Waals surface area (Å²) in [5.74, 6) is -0.269. The van der Waals surface area contributed by atoms with Gasteiger partial charge in [-0.15, -0.1) is 0 Å². The van der Waals surface area contributed by atoms with Gasteiger partial charge in [-0.3, -0.25) is 4.90 Å². The fourth-order valence-electron chi connectivity index (χ4n) is 6.52. The smallest absolute Gasteiger partial charge is 0.148 e. The summed E-state index contributed by atoms with van der Waals surface area (Å²) in [6.07, 6.45) is 1.26. The molecule has 1 aromatic heterocycles. The van der Waals surface area contributed by atoms with Crippen LogP contribution in [0.25, 0.3) is 22.2 Å². The van der Waals surface area contributed by atoms with Gasteiger partial charge in [0.25, 0.3) is 0 Å². The van der Waals surface area contributed by atoms with Crippen LogP contribution < -0.4 is 0 Å². The zero-order valence-electron chi connectivity index (χ0n) is 23.3. The number of benzene rings is 4. The number of rotatable bonds is 5. The number of aliphatic hydroxyl groups excluding tert-OH is 1. The van der Waals surface area contributed by atoms with Crippen LogP contribution in [-0.4, -0.2) is 50.1 Å². The van der Waals surface area contributed by atoms with E-state index in [1.165, 1.54) is 29.8 Å². The summed E-state index contributed by atoms with van der Waals surface area (Å²) >= 11 is 0. The van der Waals surface area contributed by atoms with Crippen LogP contribution in [0.1, 0.15) is 59.1 Å². The van der Waals surface area contributed by atoms with E-state index in [0.29, 0.717) is 23.8 Å². The van der Waals surface area contributed by atoms with Gasteiger partial charge in [-0.2, -0.15) is 0 Å². The molecule has 2 aliphatic heterocycles. The Bertz CT molecular complexity index is 1760. The molecule has 5 aromatic rings. The molecule has 4 aromatic carbocycles. The molecule has 1 saturated heterocycles. The minimum Gasteiger partial charge on any atom is -0.508 e. The van der Waals surface area contributed by atoms with Crippen molar-refractivity contribution in [3.05, 3.63) is 119 Å². The third-order valence-corrected chi connectivity index (χ3v) is 8.89. The zero-order chi connectivity index (χ0) is 29.0. The molecule has 42 heavy (non-hydrogen) atoms. The number of aromatic amines is 1. The Morgan fingerprint density at radius 1 is 0.929 bits per heavy atom. The number of H-pyrrole nitrogens is 1. The van der Waals surface area contributed by atoms with Gasteiger partial charge in [0.15, 0.2) is 0 Å². The summed E-state index contributed by atoms with van der Waals surface area (Å²) in [4.78, 5) is 11.7. The Labute approximate surface area is 242 Å². The number of piperidine rings is 1. The van der Waals surface area contributed by atoms with Crippen LogP contribution in [0.5, 0.6) is 5.75 Å². The van der Waals surface area contributed by atoms with Gasteiger partial charge >= 0.3 is 0 Å². The lowest BCUT2D eigenvalue weighted by molar-refractivity contribution is -0.00964. The van der Waals surface area contributed by atoms with Crippen molar-refractivity contribution < 1.29 is 19.0 Å². The van der Waals surface area contributed by atoms with Crippen molar-refractivity contribution in [2.24, 2.45) is 0 Å². The molecular weight excluding hydrogens is 534 g/mol. The molecule has 2 unspecified atom stereocenters. The molecule has 7 rings (SSSR count). The predicted octanol–water partition coefficient (Wildman–Crippen LogP) is 6.62. The number of aliphatic hydroxyl groups is 1. The number of para-hydroxylation sites is 1. The van der Waals surface area contributed by atoms with Crippen LogP contribution in [0.2, 0.25) is 0 Å². The van der Waals surface area contributed by atoms with Crippen molar-refractivity contribution in [1.29, 1.82) is 0 Å². The van der Waals surface area contributed by atoms with E-state index in [2.05, 4.69) is 46.2 Å². The SMILES string of the molecule is CN1CCC(c2ccc(-c3ccc4c(c3)C(O)N(C(c3nc5cccc(F)c5[nH]3)c3cc(F)ccc3O)C4)cc2)CC1.